The van der Waals surface area contributed by atoms with Gasteiger partial charge < -0.3 is 16.0 Å². The third-order valence-corrected chi connectivity index (χ3v) is 1.30. The summed E-state index contributed by atoms with van der Waals surface area (Å²) < 4.78 is 0. The van der Waals surface area contributed by atoms with Gasteiger partial charge in [0.25, 0.3) is 5.91 Å². The van der Waals surface area contributed by atoms with Gasteiger partial charge in [0.2, 0.25) is 0 Å². The maximum absolute atomic E-state index is 10.8. The fourth-order valence-electron chi connectivity index (χ4n) is 0.697. The number of amidine groups is 1. The summed E-state index contributed by atoms with van der Waals surface area (Å²) in [6.07, 6.45) is 0. The van der Waals surface area contributed by atoms with Crippen LogP contribution < -0.4 is 5.73 Å². The number of amides is 1. The third-order valence-electron chi connectivity index (χ3n) is 1.30. The van der Waals surface area contributed by atoms with E-state index in [4.69, 9.17) is 16.4 Å². The molecule has 1 rings (SSSR count). The summed E-state index contributed by atoms with van der Waals surface area (Å²) in [6.45, 7) is 0. The molecule has 0 saturated carbocycles. The summed E-state index contributed by atoms with van der Waals surface area (Å²) in [5.41, 5.74) is 4.97. The van der Waals surface area contributed by atoms with Crippen LogP contribution in [0.15, 0.2) is 4.99 Å². The second-order valence-electron chi connectivity index (χ2n) is 2.05. The number of guanidine groups is 1. The maximum Gasteiger partial charge on any atom is 0.273 e. The Kier molecular flexibility index (Phi) is 1.76. The van der Waals surface area contributed by atoms with Crippen LogP contribution in [-0.2, 0) is 4.79 Å². The van der Waals surface area contributed by atoms with E-state index in [0.29, 0.717) is 0 Å². The molecule has 0 aliphatic carbocycles. The minimum atomic E-state index is -1.42. The molecule has 12 heavy (non-hydrogen) atoms. The lowest BCUT2D eigenvalue weighted by molar-refractivity contribution is -0.118. The molecule has 0 bridgehead atoms. The van der Waals surface area contributed by atoms with E-state index >= 15 is 0 Å². The zero-order valence-electron chi connectivity index (χ0n) is 5.81. The number of hydrogen-bond acceptors (Lipinski definition) is 5. The van der Waals surface area contributed by atoms with Crippen molar-refractivity contribution in [2.24, 2.45) is 16.6 Å². The van der Waals surface area contributed by atoms with Gasteiger partial charge in [-0.25, -0.2) is 0 Å². The van der Waals surface area contributed by atoms with Crippen molar-refractivity contribution in [3.05, 3.63) is 5.21 Å². The number of nitrogens with zero attached hydrogens (tertiary/aromatic N) is 3. The summed E-state index contributed by atoms with van der Waals surface area (Å²) in [7, 11) is 0. The van der Waals surface area contributed by atoms with E-state index in [0.717, 1.165) is 0 Å². The highest BCUT2D eigenvalue weighted by Crippen LogP contribution is 2.09. The highest BCUT2D eigenvalue weighted by atomic mass is 16.5. The number of hydrogen-bond donors (Lipinski definition) is 2. The fraction of sp³-hybridized carbons (Fsp3) is 0.200. The Hall–Kier alpha value is -1.94. The number of nitrogens with one attached hydrogen (secondary N) is 1. The zero-order valence-corrected chi connectivity index (χ0v) is 5.81. The second kappa shape index (κ2) is 2.60. The predicted octanol–water partition coefficient (Wildman–Crippen LogP) is -1.24. The molecule has 0 radical (unpaired) electrons. The molecule has 0 fully saturated rings. The fourth-order valence-corrected chi connectivity index (χ4v) is 0.697. The lowest BCUT2D eigenvalue weighted by Gasteiger charge is -2.33. The first-order valence-electron chi connectivity index (χ1n) is 2.91. The van der Waals surface area contributed by atoms with E-state index in [-0.39, 0.29) is 5.06 Å². The van der Waals surface area contributed by atoms with Crippen molar-refractivity contribution in [2.45, 2.75) is 0 Å². The first kappa shape index (κ1) is 8.16. The quantitative estimate of drug-likeness (QED) is 0.464. The standard InChI is InChI=1S/C5H4N5O2/c6-1-2-3(7)10(12)5(8)9-4(2)11/h2,7H,(H2,8,9,11)/q-1. The van der Waals surface area contributed by atoms with Crippen LogP contribution in [0.25, 0.3) is 0 Å². The average Bonchev–Trinajstić information content (AvgIpc) is 2.01. The van der Waals surface area contributed by atoms with Crippen LogP contribution in [-0.4, -0.2) is 22.8 Å². The molecule has 3 N–H and O–H groups in total. The number of nitrogens with two attached hydrogens (primary N) is 1. The molecule has 1 atom stereocenters. The molecule has 62 valence electrons. The van der Waals surface area contributed by atoms with E-state index in [1.54, 1.807) is 0 Å². The number of hydroxylamine groups is 2. The summed E-state index contributed by atoms with van der Waals surface area (Å²) in [5.74, 6) is -3.58. The van der Waals surface area contributed by atoms with Crippen LogP contribution in [0.3, 0.4) is 0 Å². The average molecular weight is 166 g/mol. The van der Waals surface area contributed by atoms with Crippen molar-refractivity contribution in [3.63, 3.8) is 0 Å². The van der Waals surface area contributed by atoms with Crippen molar-refractivity contribution in [3.8, 4) is 6.07 Å². The molecule has 0 saturated heterocycles. The van der Waals surface area contributed by atoms with Crippen LogP contribution in [0.2, 0.25) is 0 Å². The van der Waals surface area contributed by atoms with Crippen molar-refractivity contribution in [2.75, 3.05) is 0 Å². The van der Waals surface area contributed by atoms with Gasteiger partial charge in [-0.2, -0.15) is 10.3 Å². The monoisotopic (exact) mass is 166 g/mol. The first-order valence-corrected chi connectivity index (χ1v) is 2.91. The molecular weight excluding hydrogens is 162 g/mol. The third kappa shape index (κ3) is 0.998. The van der Waals surface area contributed by atoms with E-state index in [1.807, 2.05) is 0 Å². The van der Waals surface area contributed by atoms with Crippen molar-refractivity contribution in [1.82, 2.24) is 5.06 Å². The molecule has 0 aromatic heterocycles. The highest BCUT2D eigenvalue weighted by Gasteiger charge is 2.29. The van der Waals surface area contributed by atoms with Crippen molar-refractivity contribution in [1.29, 1.82) is 10.7 Å². The van der Waals surface area contributed by atoms with Gasteiger partial charge in [-0.1, -0.05) is 0 Å². The van der Waals surface area contributed by atoms with Crippen LogP contribution in [0.5, 0.6) is 0 Å². The Morgan fingerprint density at radius 1 is 1.83 bits per heavy atom. The van der Waals surface area contributed by atoms with Gasteiger partial charge in [0.05, 0.1) is 6.07 Å². The van der Waals surface area contributed by atoms with Crippen LogP contribution in [0, 0.1) is 27.9 Å². The molecule has 0 aromatic rings. The van der Waals surface area contributed by atoms with Gasteiger partial charge in [0.1, 0.15) is 5.84 Å². The number of carbonyl (C=O) groups is 1. The zero-order chi connectivity index (χ0) is 9.30. The van der Waals surface area contributed by atoms with Gasteiger partial charge in [-0.05, 0) is 0 Å². The number of aliphatic imine (C=N–C) groups is 1. The Balaban J connectivity index is 3.09. The molecule has 0 spiro atoms. The lowest BCUT2D eigenvalue weighted by Crippen LogP contribution is -2.46. The minimum Gasteiger partial charge on any atom is -0.751 e. The summed E-state index contributed by atoms with van der Waals surface area (Å²) >= 11 is 0. The van der Waals surface area contributed by atoms with Crippen molar-refractivity contribution >= 4 is 17.7 Å². The van der Waals surface area contributed by atoms with E-state index in [2.05, 4.69) is 4.99 Å². The summed E-state index contributed by atoms with van der Waals surface area (Å²) in [4.78, 5) is 13.9. The molecule has 0 aromatic carbocycles. The van der Waals surface area contributed by atoms with Crippen molar-refractivity contribution < 1.29 is 4.79 Å². The molecule has 1 amide bonds. The number of rotatable bonds is 0. The van der Waals surface area contributed by atoms with E-state index in [1.165, 1.54) is 6.07 Å². The lowest BCUT2D eigenvalue weighted by atomic mass is 10.1. The predicted molar refractivity (Wildman–Crippen MR) is 38.7 cm³/mol. The van der Waals surface area contributed by atoms with Gasteiger partial charge in [0.15, 0.2) is 11.9 Å². The molecule has 1 heterocycles. The van der Waals surface area contributed by atoms with E-state index in [9.17, 15) is 10.0 Å². The Morgan fingerprint density at radius 2 is 2.42 bits per heavy atom. The molecule has 1 aliphatic heterocycles. The summed E-state index contributed by atoms with van der Waals surface area (Å²) in [5, 5.41) is 26.1. The van der Waals surface area contributed by atoms with Crippen LogP contribution >= 0.6 is 0 Å². The van der Waals surface area contributed by atoms with Crippen LogP contribution in [0.4, 0.5) is 0 Å². The molecule has 1 aliphatic rings. The molecule has 7 heteroatoms. The van der Waals surface area contributed by atoms with Gasteiger partial charge in [0, 0.05) is 0 Å². The largest absolute Gasteiger partial charge is 0.751 e. The molecule has 7 nitrogen and oxygen atoms in total. The first-order chi connectivity index (χ1) is 5.57. The second-order valence-corrected chi connectivity index (χ2v) is 2.05. The topological polar surface area (TPSA) is 129 Å². The number of nitriles is 1. The maximum atomic E-state index is 10.8. The highest BCUT2D eigenvalue weighted by molar-refractivity contribution is 6.17. The van der Waals surface area contributed by atoms with Gasteiger partial charge >= 0.3 is 0 Å². The molecular formula is C5H4N5O2-. The van der Waals surface area contributed by atoms with Crippen LogP contribution in [0.1, 0.15) is 0 Å². The SMILES string of the molecule is N#CC1C(=N)N([O-])C(N)=NC1=O. The smallest absolute Gasteiger partial charge is 0.273 e. The van der Waals surface area contributed by atoms with Gasteiger partial charge in [-0.3, -0.25) is 10.2 Å². The Labute approximate surface area is 67.2 Å². The summed E-state index contributed by atoms with van der Waals surface area (Å²) in [6, 6.07) is 1.48. The Bertz CT molecular complexity index is 314. The Morgan fingerprint density at radius 3 is 2.92 bits per heavy atom. The van der Waals surface area contributed by atoms with Gasteiger partial charge in [-0.15, -0.1) is 0 Å². The number of carbonyl (C=O) groups excluding carboxylic acids is 1. The molecule has 1 unspecified atom stereocenters. The minimum absolute atomic E-state index is 0.0463. The van der Waals surface area contributed by atoms with E-state index < -0.39 is 23.6 Å². The normalized spacial score (nSPS) is 23.5.